The van der Waals surface area contributed by atoms with Crippen molar-refractivity contribution in [3.63, 3.8) is 0 Å². The van der Waals surface area contributed by atoms with Gasteiger partial charge in [0.25, 0.3) is 0 Å². The van der Waals surface area contributed by atoms with Gasteiger partial charge in [-0.3, -0.25) is 4.79 Å². The Balaban J connectivity index is 1.61. The number of carbonyl (C=O) groups is 1. The SMILES string of the molecule is CC(NC(=O)C1CCN(S(=O)(=O)c2cc(Cl)ccc2Cl)CC1)c1ccc(Br)cc1. The summed E-state index contributed by atoms with van der Waals surface area (Å²) in [5.74, 6) is -0.285. The Bertz CT molecular complexity index is 991. The Kier molecular flexibility index (Phi) is 7.27. The topological polar surface area (TPSA) is 66.5 Å². The van der Waals surface area contributed by atoms with Gasteiger partial charge in [0.1, 0.15) is 4.90 Å². The van der Waals surface area contributed by atoms with Gasteiger partial charge in [-0.05, 0) is 55.7 Å². The molecule has 1 amide bonds. The number of hydrogen-bond donors (Lipinski definition) is 1. The maximum atomic E-state index is 12.9. The molecule has 1 atom stereocenters. The third kappa shape index (κ3) is 5.33. The standard InChI is InChI=1S/C20H21BrCl2N2O3S/c1-13(14-2-4-16(21)5-3-14)24-20(26)15-8-10-25(11-9-15)29(27,28)19-12-17(22)6-7-18(19)23/h2-7,12-13,15H,8-11H2,1H3,(H,24,26). The number of halogens is 3. The largest absolute Gasteiger partial charge is 0.349 e. The van der Waals surface area contributed by atoms with Crippen molar-refractivity contribution in [2.45, 2.75) is 30.7 Å². The fraction of sp³-hybridized carbons (Fsp3) is 0.350. The molecule has 0 radical (unpaired) electrons. The third-order valence-electron chi connectivity index (χ3n) is 5.06. The summed E-state index contributed by atoms with van der Waals surface area (Å²) in [5.41, 5.74) is 1.01. The Hall–Kier alpha value is -1.12. The lowest BCUT2D eigenvalue weighted by atomic mass is 9.96. The van der Waals surface area contributed by atoms with Crippen molar-refractivity contribution in [2.24, 2.45) is 5.92 Å². The second-order valence-corrected chi connectivity index (χ2v) is 10.7. The van der Waals surface area contributed by atoms with E-state index in [4.69, 9.17) is 23.2 Å². The van der Waals surface area contributed by atoms with Crippen LogP contribution in [0.2, 0.25) is 10.0 Å². The van der Waals surface area contributed by atoms with Crippen LogP contribution in [0.15, 0.2) is 51.8 Å². The van der Waals surface area contributed by atoms with E-state index in [1.165, 1.54) is 16.4 Å². The van der Waals surface area contributed by atoms with Crippen LogP contribution in [-0.4, -0.2) is 31.7 Å². The molecule has 156 valence electrons. The number of piperidine rings is 1. The van der Waals surface area contributed by atoms with Gasteiger partial charge in [0.15, 0.2) is 0 Å². The lowest BCUT2D eigenvalue weighted by Crippen LogP contribution is -2.43. The Morgan fingerprint density at radius 2 is 1.76 bits per heavy atom. The maximum Gasteiger partial charge on any atom is 0.244 e. The summed E-state index contributed by atoms with van der Waals surface area (Å²) < 4.78 is 28.2. The molecule has 1 saturated heterocycles. The summed E-state index contributed by atoms with van der Waals surface area (Å²) in [4.78, 5) is 12.6. The zero-order valence-corrected chi connectivity index (χ0v) is 19.7. The highest BCUT2D eigenvalue weighted by Crippen LogP contribution is 2.30. The number of rotatable bonds is 5. The molecular weight excluding hydrogens is 499 g/mol. The fourth-order valence-electron chi connectivity index (χ4n) is 3.34. The van der Waals surface area contributed by atoms with E-state index >= 15 is 0 Å². The highest BCUT2D eigenvalue weighted by Gasteiger charge is 2.33. The quantitative estimate of drug-likeness (QED) is 0.602. The molecule has 5 nitrogen and oxygen atoms in total. The number of amides is 1. The van der Waals surface area contributed by atoms with Gasteiger partial charge in [0.2, 0.25) is 15.9 Å². The van der Waals surface area contributed by atoms with E-state index in [-0.39, 0.29) is 40.9 Å². The average Bonchev–Trinajstić information content (AvgIpc) is 2.70. The fourth-order valence-corrected chi connectivity index (χ4v) is 5.81. The minimum Gasteiger partial charge on any atom is -0.349 e. The van der Waals surface area contributed by atoms with Crippen molar-refractivity contribution < 1.29 is 13.2 Å². The molecule has 0 saturated carbocycles. The zero-order chi connectivity index (χ0) is 21.2. The smallest absolute Gasteiger partial charge is 0.244 e. The molecule has 2 aromatic carbocycles. The molecule has 0 aliphatic carbocycles. The first-order valence-corrected chi connectivity index (χ1v) is 12.2. The van der Waals surface area contributed by atoms with Crippen LogP contribution in [0.1, 0.15) is 31.4 Å². The van der Waals surface area contributed by atoms with Crippen LogP contribution in [0.25, 0.3) is 0 Å². The summed E-state index contributed by atoms with van der Waals surface area (Å²) in [6, 6.07) is 12.0. The van der Waals surface area contributed by atoms with Crippen molar-refractivity contribution in [1.82, 2.24) is 9.62 Å². The van der Waals surface area contributed by atoms with Crippen LogP contribution in [0.5, 0.6) is 0 Å². The van der Waals surface area contributed by atoms with E-state index in [2.05, 4.69) is 21.2 Å². The van der Waals surface area contributed by atoms with Crippen molar-refractivity contribution in [3.8, 4) is 0 Å². The van der Waals surface area contributed by atoms with E-state index in [1.54, 1.807) is 6.07 Å². The predicted octanol–water partition coefficient (Wildman–Crippen LogP) is 5.03. The van der Waals surface area contributed by atoms with Gasteiger partial charge in [0, 0.05) is 28.5 Å². The number of sulfonamides is 1. The lowest BCUT2D eigenvalue weighted by molar-refractivity contribution is -0.126. The van der Waals surface area contributed by atoms with Gasteiger partial charge in [-0.2, -0.15) is 4.31 Å². The molecule has 1 N–H and O–H groups in total. The van der Waals surface area contributed by atoms with Crippen molar-refractivity contribution >= 4 is 55.1 Å². The maximum absolute atomic E-state index is 12.9. The molecule has 1 heterocycles. The van der Waals surface area contributed by atoms with Gasteiger partial charge in [-0.15, -0.1) is 0 Å². The van der Waals surface area contributed by atoms with Crippen LogP contribution < -0.4 is 5.32 Å². The molecule has 1 aliphatic heterocycles. The van der Waals surface area contributed by atoms with E-state index in [0.29, 0.717) is 17.9 Å². The first-order valence-electron chi connectivity index (χ1n) is 9.19. The van der Waals surface area contributed by atoms with Crippen molar-refractivity contribution in [1.29, 1.82) is 0 Å². The van der Waals surface area contributed by atoms with Crippen LogP contribution in [0.4, 0.5) is 0 Å². The molecule has 1 fully saturated rings. The van der Waals surface area contributed by atoms with Crippen LogP contribution >= 0.6 is 39.1 Å². The molecule has 1 aliphatic rings. The minimum absolute atomic E-state index is 0.00145. The molecule has 2 aromatic rings. The first-order chi connectivity index (χ1) is 13.7. The predicted molar refractivity (Wildman–Crippen MR) is 119 cm³/mol. The summed E-state index contributed by atoms with van der Waals surface area (Å²) in [5, 5.41) is 3.47. The number of benzene rings is 2. The Morgan fingerprint density at radius 1 is 1.14 bits per heavy atom. The summed E-state index contributed by atoms with van der Waals surface area (Å²) in [6.07, 6.45) is 0.909. The normalized spacial score (nSPS) is 17.1. The van der Waals surface area contributed by atoms with Gasteiger partial charge < -0.3 is 5.32 Å². The second-order valence-electron chi connectivity index (χ2n) is 7.03. The average molecular weight is 520 g/mol. The first kappa shape index (κ1) is 22.6. The highest BCUT2D eigenvalue weighted by atomic mass is 79.9. The second kappa shape index (κ2) is 9.35. The number of nitrogens with zero attached hydrogens (tertiary/aromatic N) is 1. The lowest BCUT2D eigenvalue weighted by Gasteiger charge is -2.31. The third-order valence-corrected chi connectivity index (χ3v) is 8.21. The van der Waals surface area contributed by atoms with Crippen molar-refractivity contribution in [3.05, 3.63) is 62.5 Å². The monoisotopic (exact) mass is 518 g/mol. The summed E-state index contributed by atoms with van der Waals surface area (Å²) in [7, 11) is -3.75. The van der Waals surface area contributed by atoms with Gasteiger partial charge in [-0.1, -0.05) is 51.3 Å². The van der Waals surface area contributed by atoms with E-state index in [0.717, 1.165) is 10.0 Å². The molecule has 0 aromatic heterocycles. The van der Waals surface area contributed by atoms with Crippen molar-refractivity contribution in [2.75, 3.05) is 13.1 Å². The molecular formula is C20H21BrCl2N2O3S. The van der Waals surface area contributed by atoms with Gasteiger partial charge in [0.05, 0.1) is 11.1 Å². The Morgan fingerprint density at radius 3 is 2.38 bits per heavy atom. The van der Waals surface area contributed by atoms with E-state index in [1.807, 2.05) is 31.2 Å². The zero-order valence-electron chi connectivity index (χ0n) is 15.7. The molecule has 0 spiro atoms. The molecule has 3 rings (SSSR count). The molecule has 1 unspecified atom stereocenters. The van der Waals surface area contributed by atoms with Crippen LogP contribution in [0, 0.1) is 5.92 Å². The van der Waals surface area contributed by atoms with Gasteiger partial charge in [-0.25, -0.2) is 8.42 Å². The Labute approximate surface area is 189 Å². The van der Waals surface area contributed by atoms with E-state index in [9.17, 15) is 13.2 Å². The van der Waals surface area contributed by atoms with E-state index < -0.39 is 10.0 Å². The van der Waals surface area contributed by atoms with Gasteiger partial charge >= 0.3 is 0 Å². The van der Waals surface area contributed by atoms with Crippen LogP contribution in [-0.2, 0) is 14.8 Å². The minimum atomic E-state index is -3.75. The summed E-state index contributed by atoms with van der Waals surface area (Å²) in [6.45, 7) is 2.45. The molecule has 29 heavy (non-hydrogen) atoms. The highest BCUT2D eigenvalue weighted by molar-refractivity contribution is 9.10. The number of nitrogens with one attached hydrogen (secondary N) is 1. The number of hydrogen-bond acceptors (Lipinski definition) is 3. The molecule has 0 bridgehead atoms. The summed E-state index contributed by atoms with van der Waals surface area (Å²) >= 11 is 15.4. The molecule has 9 heteroatoms. The number of carbonyl (C=O) groups excluding carboxylic acids is 1. The van der Waals surface area contributed by atoms with Crippen LogP contribution in [0.3, 0.4) is 0 Å².